The molecule has 0 aliphatic heterocycles. The maximum absolute atomic E-state index is 9.02. The van der Waals surface area contributed by atoms with Crippen LogP contribution in [0.15, 0.2) is 41.2 Å². The third-order valence-electron chi connectivity index (χ3n) is 2.28. The van der Waals surface area contributed by atoms with Gasteiger partial charge in [0.15, 0.2) is 0 Å². The standard InChI is InChI=1S/C12H12ClNO2/c13-11-2-1-9(7-15)5-12(11)14-6-10-3-4-16-8-10/h1-5,8,14-15H,6-7H2. The predicted molar refractivity (Wildman–Crippen MR) is 63.4 cm³/mol. The van der Waals surface area contributed by atoms with E-state index in [1.807, 2.05) is 12.1 Å². The van der Waals surface area contributed by atoms with Crippen LogP contribution >= 0.6 is 11.6 Å². The monoisotopic (exact) mass is 237 g/mol. The van der Waals surface area contributed by atoms with Gasteiger partial charge in [0.1, 0.15) is 0 Å². The molecule has 0 spiro atoms. The number of halogens is 1. The van der Waals surface area contributed by atoms with Crippen molar-refractivity contribution in [2.45, 2.75) is 13.2 Å². The van der Waals surface area contributed by atoms with Gasteiger partial charge in [-0.15, -0.1) is 0 Å². The van der Waals surface area contributed by atoms with Gasteiger partial charge in [-0.1, -0.05) is 17.7 Å². The van der Waals surface area contributed by atoms with E-state index in [1.54, 1.807) is 24.7 Å². The molecule has 1 aromatic heterocycles. The topological polar surface area (TPSA) is 45.4 Å². The van der Waals surface area contributed by atoms with Crippen LogP contribution in [0.3, 0.4) is 0 Å². The molecule has 2 N–H and O–H groups in total. The van der Waals surface area contributed by atoms with Crippen LogP contribution in [-0.2, 0) is 13.2 Å². The highest BCUT2D eigenvalue weighted by molar-refractivity contribution is 6.33. The molecule has 0 radical (unpaired) electrons. The molecule has 0 aliphatic rings. The average molecular weight is 238 g/mol. The fraction of sp³-hybridized carbons (Fsp3) is 0.167. The first-order valence-corrected chi connectivity index (χ1v) is 5.31. The summed E-state index contributed by atoms with van der Waals surface area (Å²) in [6.45, 7) is 0.655. The fourth-order valence-electron chi connectivity index (χ4n) is 1.40. The summed E-state index contributed by atoms with van der Waals surface area (Å²) in [5.41, 5.74) is 2.69. The summed E-state index contributed by atoms with van der Waals surface area (Å²) >= 11 is 6.03. The van der Waals surface area contributed by atoms with E-state index in [1.165, 1.54) is 0 Å². The lowest BCUT2D eigenvalue weighted by Gasteiger charge is -2.08. The first kappa shape index (κ1) is 11.0. The zero-order chi connectivity index (χ0) is 11.4. The van der Waals surface area contributed by atoms with Crippen LogP contribution in [-0.4, -0.2) is 5.11 Å². The summed E-state index contributed by atoms with van der Waals surface area (Å²) in [5.74, 6) is 0. The predicted octanol–water partition coefficient (Wildman–Crippen LogP) is 3.04. The molecule has 0 saturated carbocycles. The SMILES string of the molecule is OCc1ccc(Cl)c(NCc2ccoc2)c1. The van der Waals surface area contributed by atoms with Gasteiger partial charge in [-0.2, -0.15) is 0 Å². The summed E-state index contributed by atoms with van der Waals surface area (Å²) in [7, 11) is 0. The third-order valence-corrected chi connectivity index (χ3v) is 2.61. The van der Waals surface area contributed by atoms with Gasteiger partial charge >= 0.3 is 0 Å². The number of furan rings is 1. The smallest absolute Gasteiger partial charge is 0.0952 e. The van der Waals surface area contributed by atoms with Crippen molar-refractivity contribution >= 4 is 17.3 Å². The van der Waals surface area contributed by atoms with E-state index in [4.69, 9.17) is 21.1 Å². The summed E-state index contributed by atoms with van der Waals surface area (Å²) in [6.07, 6.45) is 3.31. The number of aliphatic hydroxyl groups is 1. The Morgan fingerprint density at radius 1 is 1.25 bits per heavy atom. The van der Waals surface area contributed by atoms with Gasteiger partial charge in [0.2, 0.25) is 0 Å². The summed E-state index contributed by atoms with van der Waals surface area (Å²) in [4.78, 5) is 0. The lowest BCUT2D eigenvalue weighted by atomic mass is 10.2. The minimum Gasteiger partial charge on any atom is -0.472 e. The molecule has 1 heterocycles. The molecule has 0 saturated heterocycles. The van der Waals surface area contributed by atoms with Crippen molar-refractivity contribution in [3.8, 4) is 0 Å². The number of aliphatic hydroxyl groups excluding tert-OH is 1. The first-order chi connectivity index (χ1) is 7.79. The second-order valence-electron chi connectivity index (χ2n) is 3.46. The van der Waals surface area contributed by atoms with Crippen LogP contribution in [0.2, 0.25) is 5.02 Å². The van der Waals surface area contributed by atoms with E-state index in [0.717, 1.165) is 16.8 Å². The largest absolute Gasteiger partial charge is 0.472 e. The molecule has 3 nitrogen and oxygen atoms in total. The Morgan fingerprint density at radius 3 is 2.81 bits per heavy atom. The second kappa shape index (κ2) is 5.05. The quantitative estimate of drug-likeness (QED) is 0.859. The molecule has 4 heteroatoms. The van der Waals surface area contributed by atoms with E-state index >= 15 is 0 Å². The molecule has 0 atom stereocenters. The highest BCUT2D eigenvalue weighted by Gasteiger charge is 2.02. The van der Waals surface area contributed by atoms with E-state index in [2.05, 4.69) is 5.32 Å². The zero-order valence-electron chi connectivity index (χ0n) is 8.61. The van der Waals surface area contributed by atoms with Gasteiger partial charge in [0.05, 0.1) is 29.8 Å². The highest BCUT2D eigenvalue weighted by Crippen LogP contribution is 2.23. The van der Waals surface area contributed by atoms with Gasteiger partial charge < -0.3 is 14.8 Å². The Hall–Kier alpha value is -1.45. The van der Waals surface area contributed by atoms with Crippen LogP contribution in [0, 0.1) is 0 Å². The van der Waals surface area contributed by atoms with E-state index in [0.29, 0.717) is 11.6 Å². The molecule has 0 fully saturated rings. The first-order valence-electron chi connectivity index (χ1n) is 4.94. The van der Waals surface area contributed by atoms with Crippen LogP contribution in [0.1, 0.15) is 11.1 Å². The number of nitrogens with one attached hydrogen (secondary N) is 1. The van der Waals surface area contributed by atoms with Crippen LogP contribution in [0.25, 0.3) is 0 Å². The maximum Gasteiger partial charge on any atom is 0.0952 e. The maximum atomic E-state index is 9.02. The molecule has 2 aromatic rings. The number of hydrogen-bond acceptors (Lipinski definition) is 3. The molecular weight excluding hydrogens is 226 g/mol. The molecule has 0 amide bonds. The molecule has 84 valence electrons. The van der Waals surface area contributed by atoms with Crippen LogP contribution in [0.5, 0.6) is 0 Å². The normalized spacial score (nSPS) is 10.4. The molecule has 2 rings (SSSR count). The van der Waals surface area contributed by atoms with Gasteiger partial charge in [-0.05, 0) is 23.8 Å². The van der Waals surface area contributed by atoms with Crippen molar-refractivity contribution in [3.05, 3.63) is 52.9 Å². The van der Waals surface area contributed by atoms with Crippen molar-refractivity contribution in [3.63, 3.8) is 0 Å². The van der Waals surface area contributed by atoms with E-state index in [-0.39, 0.29) is 6.61 Å². The minimum atomic E-state index is 0.0115. The minimum absolute atomic E-state index is 0.0115. The Morgan fingerprint density at radius 2 is 2.12 bits per heavy atom. The molecule has 0 bridgehead atoms. The Bertz CT molecular complexity index is 454. The average Bonchev–Trinajstić information content (AvgIpc) is 2.81. The summed E-state index contributed by atoms with van der Waals surface area (Å²) in [6, 6.07) is 7.29. The van der Waals surface area contributed by atoms with Gasteiger partial charge in [0.25, 0.3) is 0 Å². The zero-order valence-corrected chi connectivity index (χ0v) is 9.37. The number of anilines is 1. The summed E-state index contributed by atoms with van der Waals surface area (Å²) in [5, 5.41) is 12.8. The fourth-order valence-corrected chi connectivity index (χ4v) is 1.58. The molecule has 1 aromatic carbocycles. The third kappa shape index (κ3) is 2.56. The number of hydrogen-bond donors (Lipinski definition) is 2. The molecule has 0 aliphatic carbocycles. The molecular formula is C12H12ClNO2. The number of benzene rings is 1. The van der Waals surface area contributed by atoms with E-state index < -0.39 is 0 Å². The Balaban J connectivity index is 2.08. The van der Waals surface area contributed by atoms with Crippen molar-refractivity contribution < 1.29 is 9.52 Å². The lowest BCUT2D eigenvalue weighted by Crippen LogP contribution is -1.99. The second-order valence-corrected chi connectivity index (χ2v) is 3.86. The van der Waals surface area contributed by atoms with Crippen molar-refractivity contribution in [2.75, 3.05) is 5.32 Å². The van der Waals surface area contributed by atoms with Gasteiger partial charge in [-0.3, -0.25) is 0 Å². The van der Waals surface area contributed by atoms with Crippen molar-refractivity contribution in [2.24, 2.45) is 0 Å². The molecule has 16 heavy (non-hydrogen) atoms. The van der Waals surface area contributed by atoms with Crippen molar-refractivity contribution in [1.82, 2.24) is 0 Å². The van der Waals surface area contributed by atoms with Gasteiger partial charge in [0, 0.05) is 12.1 Å². The summed E-state index contributed by atoms with van der Waals surface area (Å²) < 4.78 is 4.97. The van der Waals surface area contributed by atoms with Crippen molar-refractivity contribution in [1.29, 1.82) is 0 Å². The Labute approximate surface area is 98.7 Å². The van der Waals surface area contributed by atoms with Gasteiger partial charge in [-0.25, -0.2) is 0 Å². The van der Waals surface area contributed by atoms with Crippen LogP contribution < -0.4 is 5.32 Å². The Kier molecular flexibility index (Phi) is 3.49. The van der Waals surface area contributed by atoms with E-state index in [9.17, 15) is 0 Å². The van der Waals surface area contributed by atoms with Crippen LogP contribution in [0.4, 0.5) is 5.69 Å². The number of rotatable bonds is 4. The highest BCUT2D eigenvalue weighted by atomic mass is 35.5. The lowest BCUT2D eigenvalue weighted by molar-refractivity contribution is 0.282. The molecule has 0 unspecified atom stereocenters.